The molecule has 0 spiro atoms. The highest BCUT2D eigenvalue weighted by molar-refractivity contribution is 7.87. The number of hydrogen-bond donors (Lipinski definition) is 4. The summed E-state index contributed by atoms with van der Waals surface area (Å²) in [7, 11) is -3.90. The molecule has 0 aromatic rings. The summed E-state index contributed by atoms with van der Waals surface area (Å²) in [6.45, 7) is 14.8. The molecule has 10 atom stereocenters. The molecule has 8 nitrogen and oxygen atoms in total. The molecule has 0 unspecified atom stereocenters. The molecule has 232 valence electrons. The van der Waals surface area contributed by atoms with Crippen LogP contribution in [0.3, 0.4) is 0 Å². The smallest absolute Gasteiger partial charge is 0.329 e. The number of fused-ring (bicyclic) bond motifs is 5. The van der Waals surface area contributed by atoms with Crippen molar-refractivity contribution in [3.05, 3.63) is 0 Å². The predicted octanol–water partition coefficient (Wildman–Crippen LogP) is 5.06. The highest BCUT2D eigenvalue weighted by Gasteiger charge is 2.64. The Bertz CT molecular complexity index is 997. The van der Waals surface area contributed by atoms with Crippen LogP contribution in [0, 0.1) is 46.3 Å². The van der Waals surface area contributed by atoms with Crippen LogP contribution in [-0.4, -0.2) is 59.8 Å². The van der Waals surface area contributed by atoms with Crippen molar-refractivity contribution in [1.29, 1.82) is 0 Å². The molecular weight excluding hydrogens is 526 g/mol. The zero-order chi connectivity index (χ0) is 29.6. The van der Waals surface area contributed by atoms with E-state index in [9.17, 15) is 23.4 Å². The van der Waals surface area contributed by atoms with Gasteiger partial charge in [0.2, 0.25) is 0 Å². The highest BCUT2D eigenvalue weighted by atomic mass is 32.2. The van der Waals surface area contributed by atoms with Gasteiger partial charge in [-0.15, -0.1) is 0 Å². The maximum Gasteiger partial charge on any atom is 0.329 e. The summed E-state index contributed by atoms with van der Waals surface area (Å²) in [5.74, 6) is 2.62. The Morgan fingerprint density at radius 3 is 2.20 bits per heavy atom. The van der Waals surface area contributed by atoms with Crippen molar-refractivity contribution in [2.75, 3.05) is 6.54 Å². The minimum absolute atomic E-state index is 0.193. The van der Waals surface area contributed by atoms with Gasteiger partial charge in [0, 0.05) is 18.6 Å². The fourth-order valence-corrected chi connectivity index (χ4v) is 12.0. The number of nitrogens with zero attached hydrogens (tertiary/aromatic N) is 1. The number of carbonyl (C=O) groups excluding carboxylic acids is 1. The molecule has 0 aromatic heterocycles. The first-order valence-corrected chi connectivity index (χ1v) is 17.6. The lowest BCUT2D eigenvalue weighted by Gasteiger charge is -2.64. The number of nitrogens with one attached hydrogen (secondary N) is 2. The molecule has 9 heteroatoms. The van der Waals surface area contributed by atoms with Crippen molar-refractivity contribution in [3.63, 3.8) is 0 Å². The Hall–Kier alpha value is -0.900. The van der Waals surface area contributed by atoms with E-state index in [2.05, 4.69) is 30.8 Å². The molecule has 4 aliphatic rings. The Morgan fingerprint density at radius 2 is 1.57 bits per heavy atom. The molecule has 0 saturated heterocycles. The zero-order valence-electron chi connectivity index (χ0n) is 26.0. The van der Waals surface area contributed by atoms with Crippen LogP contribution in [-0.2, 0) is 10.2 Å². The van der Waals surface area contributed by atoms with Gasteiger partial charge in [0.25, 0.3) is 0 Å². The molecule has 0 aliphatic heterocycles. The number of urea groups is 1. The van der Waals surface area contributed by atoms with Gasteiger partial charge in [-0.3, -0.25) is 0 Å². The quantitative estimate of drug-likeness (QED) is 0.283. The van der Waals surface area contributed by atoms with Crippen LogP contribution < -0.4 is 10.0 Å². The van der Waals surface area contributed by atoms with E-state index in [0.29, 0.717) is 36.1 Å². The van der Waals surface area contributed by atoms with Gasteiger partial charge in [-0.25, -0.2) is 9.52 Å². The van der Waals surface area contributed by atoms with Crippen molar-refractivity contribution in [3.8, 4) is 0 Å². The fraction of sp³-hybridized carbons (Fsp3) is 0.968. The minimum atomic E-state index is -3.90. The van der Waals surface area contributed by atoms with E-state index in [1.165, 1.54) is 10.7 Å². The van der Waals surface area contributed by atoms with Crippen molar-refractivity contribution in [2.24, 2.45) is 46.3 Å². The van der Waals surface area contributed by atoms with Crippen LogP contribution in [0.4, 0.5) is 4.79 Å². The normalized spacial score (nSPS) is 41.5. The summed E-state index contributed by atoms with van der Waals surface area (Å²) in [5.41, 5.74) is 0.403. The van der Waals surface area contributed by atoms with Gasteiger partial charge >= 0.3 is 16.2 Å². The van der Waals surface area contributed by atoms with Crippen molar-refractivity contribution < 1.29 is 23.4 Å². The molecule has 0 heterocycles. The van der Waals surface area contributed by atoms with E-state index < -0.39 is 16.2 Å². The topological polar surface area (TPSA) is 119 Å². The second-order valence-corrected chi connectivity index (χ2v) is 16.3. The van der Waals surface area contributed by atoms with Gasteiger partial charge in [0.1, 0.15) is 0 Å². The van der Waals surface area contributed by atoms with Crippen LogP contribution in [0.25, 0.3) is 0 Å². The third-order valence-electron chi connectivity index (χ3n) is 12.1. The predicted molar refractivity (Wildman–Crippen MR) is 159 cm³/mol. The molecule has 4 N–H and O–H groups in total. The van der Waals surface area contributed by atoms with Gasteiger partial charge in [-0.1, -0.05) is 27.2 Å². The molecule has 4 fully saturated rings. The van der Waals surface area contributed by atoms with E-state index in [-0.39, 0.29) is 41.0 Å². The molecule has 0 bridgehead atoms. The first kappa shape index (κ1) is 32.0. The molecule has 4 saturated carbocycles. The van der Waals surface area contributed by atoms with E-state index >= 15 is 0 Å². The van der Waals surface area contributed by atoms with E-state index in [1.54, 1.807) is 27.7 Å². The molecule has 0 radical (unpaired) electrons. The van der Waals surface area contributed by atoms with Gasteiger partial charge < -0.3 is 15.5 Å². The van der Waals surface area contributed by atoms with E-state index in [1.807, 2.05) is 0 Å². The molecule has 4 rings (SSSR count). The number of rotatable bonds is 9. The summed E-state index contributed by atoms with van der Waals surface area (Å²) >= 11 is 0. The standard InChI is InChI=1S/C31H57N3O5S/c1-8-23-26-18-22(35)13-15-31(26,7)25-14-16-30(6)21(11-12-24(30)27(25)28(23)36)10-9-17-32-29(37)33-40(38,39)34(19(2)3)20(4)5/h19-28,35-36H,8-18H2,1-7H3,(H2,32,33,37)/t21-,22+,23+,24-,25-,26-,27-,28+,30+,31+/m0/s1. The van der Waals surface area contributed by atoms with Gasteiger partial charge in [0.05, 0.1) is 12.2 Å². The summed E-state index contributed by atoms with van der Waals surface area (Å²) in [6, 6.07) is -1.16. The second kappa shape index (κ2) is 12.0. The van der Waals surface area contributed by atoms with Crippen molar-refractivity contribution in [2.45, 2.75) is 137 Å². The van der Waals surface area contributed by atoms with E-state index in [0.717, 1.165) is 57.8 Å². The fourth-order valence-electron chi connectivity index (χ4n) is 10.4. The Labute approximate surface area is 243 Å². The van der Waals surface area contributed by atoms with Crippen LogP contribution >= 0.6 is 0 Å². The maximum absolute atomic E-state index is 12.7. The lowest BCUT2D eigenvalue weighted by molar-refractivity contribution is -0.202. The number of amides is 2. The van der Waals surface area contributed by atoms with Gasteiger partial charge in [-0.2, -0.15) is 12.7 Å². The first-order valence-electron chi connectivity index (χ1n) is 16.1. The Morgan fingerprint density at radius 1 is 0.950 bits per heavy atom. The van der Waals surface area contributed by atoms with E-state index in [4.69, 9.17) is 0 Å². The largest absolute Gasteiger partial charge is 0.393 e. The van der Waals surface area contributed by atoms with Crippen molar-refractivity contribution >= 4 is 16.2 Å². The average Bonchev–Trinajstić information content (AvgIpc) is 3.18. The van der Waals surface area contributed by atoms with Crippen LogP contribution in [0.15, 0.2) is 0 Å². The van der Waals surface area contributed by atoms with Crippen molar-refractivity contribution in [1.82, 2.24) is 14.3 Å². The summed E-state index contributed by atoms with van der Waals surface area (Å²) in [4.78, 5) is 12.4. The Kier molecular flexibility index (Phi) is 9.61. The molecule has 0 aromatic carbocycles. The SMILES string of the molecule is CC[C@H]1[C@@H](O)[C@@H]2[C@H](CC[C@]3(C)[C@@H](CCCNC(=O)NS(=O)(=O)N(C(C)C)C(C)C)CC[C@@H]23)[C@@]2(C)CC[C@@H](O)C[C@@H]12. The highest BCUT2D eigenvalue weighted by Crippen LogP contribution is 2.69. The summed E-state index contributed by atoms with van der Waals surface area (Å²) < 4.78 is 28.9. The third kappa shape index (κ3) is 5.70. The number of hydrogen-bond acceptors (Lipinski definition) is 5. The molecule has 2 amide bonds. The van der Waals surface area contributed by atoms with Gasteiger partial charge in [0.15, 0.2) is 0 Å². The van der Waals surface area contributed by atoms with Crippen LogP contribution in [0.2, 0.25) is 0 Å². The maximum atomic E-state index is 12.7. The van der Waals surface area contributed by atoms with Gasteiger partial charge in [-0.05, 0) is 132 Å². The monoisotopic (exact) mass is 583 g/mol. The molecule has 4 aliphatic carbocycles. The molecule has 40 heavy (non-hydrogen) atoms. The second-order valence-electron chi connectivity index (χ2n) is 14.7. The van der Waals surface area contributed by atoms with Crippen LogP contribution in [0.1, 0.15) is 113 Å². The average molecular weight is 584 g/mol. The molecular formula is C31H57N3O5S. The Balaban J connectivity index is 1.36. The zero-order valence-corrected chi connectivity index (χ0v) is 26.8. The minimum Gasteiger partial charge on any atom is -0.393 e. The third-order valence-corrected chi connectivity index (χ3v) is 14.0. The first-order chi connectivity index (χ1) is 18.7. The lowest BCUT2D eigenvalue weighted by atomic mass is 9.41. The number of aliphatic hydroxyl groups excluding tert-OH is 2. The summed E-state index contributed by atoms with van der Waals surface area (Å²) in [5, 5.41) is 25.1. The number of carbonyl (C=O) groups is 1. The number of aliphatic hydroxyl groups is 2. The lowest BCUT2D eigenvalue weighted by Crippen LogP contribution is -2.62. The summed E-state index contributed by atoms with van der Waals surface area (Å²) in [6.07, 6.45) is 9.74. The van der Waals surface area contributed by atoms with Crippen LogP contribution in [0.5, 0.6) is 0 Å².